The van der Waals surface area contributed by atoms with Gasteiger partial charge in [0.2, 0.25) is 0 Å². The molecule has 0 aromatic heterocycles. The predicted molar refractivity (Wildman–Crippen MR) is 63.5 cm³/mol. The van der Waals surface area contributed by atoms with Crippen molar-refractivity contribution in [3.63, 3.8) is 0 Å². The molecule has 0 radical (unpaired) electrons. The van der Waals surface area contributed by atoms with E-state index in [1.807, 2.05) is 0 Å². The highest BCUT2D eigenvalue weighted by Gasteiger charge is 2.28. The summed E-state index contributed by atoms with van der Waals surface area (Å²) in [6.45, 7) is 5.22. The maximum absolute atomic E-state index is 11.2. The fourth-order valence-corrected chi connectivity index (χ4v) is 2.93. The zero-order valence-electron chi connectivity index (χ0n) is 10.3. The smallest absolute Gasteiger partial charge is 0.133 e. The average molecular weight is 225 g/mol. The molecule has 0 unspecified atom stereocenters. The Hall–Kier alpha value is -0.410. The first-order valence-corrected chi connectivity index (χ1v) is 6.67. The molecule has 1 aliphatic carbocycles. The highest BCUT2D eigenvalue weighted by Crippen LogP contribution is 2.24. The molecule has 16 heavy (non-hydrogen) atoms. The van der Waals surface area contributed by atoms with Crippen molar-refractivity contribution in [2.45, 2.75) is 57.6 Å². The number of carbonyl (C=O) groups is 1. The number of rotatable bonds is 3. The molecule has 1 heterocycles. The van der Waals surface area contributed by atoms with Gasteiger partial charge in [0.1, 0.15) is 5.78 Å². The Morgan fingerprint density at radius 3 is 2.38 bits per heavy atom. The summed E-state index contributed by atoms with van der Waals surface area (Å²) < 4.78 is 5.65. The normalized spacial score (nSPS) is 26.2. The SMILES string of the molecule is CCOC1CCN(C2CCC(=O)CC2)CC1. The topological polar surface area (TPSA) is 29.5 Å². The van der Waals surface area contributed by atoms with Crippen molar-refractivity contribution in [3.05, 3.63) is 0 Å². The van der Waals surface area contributed by atoms with Crippen molar-refractivity contribution in [3.8, 4) is 0 Å². The number of hydrogen-bond donors (Lipinski definition) is 0. The maximum atomic E-state index is 11.2. The van der Waals surface area contributed by atoms with Gasteiger partial charge in [0.05, 0.1) is 6.10 Å². The quantitative estimate of drug-likeness (QED) is 0.735. The van der Waals surface area contributed by atoms with Gasteiger partial charge in [0, 0.05) is 38.6 Å². The molecular formula is C13H23NO2. The van der Waals surface area contributed by atoms with E-state index >= 15 is 0 Å². The van der Waals surface area contributed by atoms with E-state index in [0.717, 1.165) is 58.2 Å². The molecule has 0 aromatic carbocycles. The molecular weight excluding hydrogens is 202 g/mol. The maximum Gasteiger partial charge on any atom is 0.133 e. The molecule has 2 aliphatic rings. The first-order chi connectivity index (χ1) is 7.79. The van der Waals surface area contributed by atoms with Gasteiger partial charge < -0.3 is 9.64 Å². The summed E-state index contributed by atoms with van der Waals surface area (Å²) in [6, 6.07) is 0.667. The molecule has 92 valence electrons. The molecule has 0 aromatic rings. The molecule has 2 fully saturated rings. The number of likely N-dealkylation sites (tertiary alicyclic amines) is 1. The van der Waals surface area contributed by atoms with Gasteiger partial charge in [-0.05, 0) is 32.6 Å². The van der Waals surface area contributed by atoms with Crippen LogP contribution in [0.4, 0.5) is 0 Å². The van der Waals surface area contributed by atoms with Crippen LogP contribution in [0, 0.1) is 0 Å². The lowest BCUT2D eigenvalue weighted by Gasteiger charge is -2.38. The Morgan fingerprint density at radius 2 is 1.81 bits per heavy atom. The van der Waals surface area contributed by atoms with E-state index < -0.39 is 0 Å². The number of ketones is 1. The second kappa shape index (κ2) is 5.78. The van der Waals surface area contributed by atoms with Gasteiger partial charge in [0.15, 0.2) is 0 Å². The fourth-order valence-electron chi connectivity index (χ4n) is 2.93. The van der Waals surface area contributed by atoms with E-state index in [2.05, 4.69) is 11.8 Å². The number of Topliss-reactive ketones (excluding diaryl/α,β-unsaturated/α-hetero) is 1. The van der Waals surface area contributed by atoms with E-state index in [9.17, 15) is 4.79 Å². The summed E-state index contributed by atoms with van der Waals surface area (Å²) >= 11 is 0. The standard InChI is InChI=1S/C13H23NO2/c1-2-16-13-7-9-14(10-8-13)11-3-5-12(15)6-4-11/h11,13H,2-10H2,1H3. The highest BCUT2D eigenvalue weighted by atomic mass is 16.5. The first kappa shape index (κ1) is 12.1. The van der Waals surface area contributed by atoms with Crippen LogP contribution in [0.1, 0.15) is 45.4 Å². The molecule has 0 atom stereocenters. The fraction of sp³-hybridized carbons (Fsp3) is 0.923. The third kappa shape index (κ3) is 3.05. The van der Waals surface area contributed by atoms with E-state index in [1.165, 1.54) is 0 Å². The molecule has 1 saturated heterocycles. The van der Waals surface area contributed by atoms with Crippen LogP contribution >= 0.6 is 0 Å². The van der Waals surface area contributed by atoms with Gasteiger partial charge in [-0.3, -0.25) is 4.79 Å². The van der Waals surface area contributed by atoms with Crippen LogP contribution in [0.15, 0.2) is 0 Å². The number of ether oxygens (including phenoxy) is 1. The monoisotopic (exact) mass is 225 g/mol. The van der Waals surface area contributed by atoms with Crippen LogP contribution in [-0.2, 0) is 9.53 Å². The second-order valence-corrected chi connectivity index (χ2v) is 4.96. The highest BCUT2D eigenvalue weighted by molar-refractivity contribution is 5.79. The minimum Gasteiger partial charge on any atom is -0.378 e. The number of piperidine rings is 1. The van der Waals surface area contributed by atoms with Crippen LogP contribution in [0.2, 0.25) is 0 Å². The van der Waals surface area contributed by atoms with Gasteiger partial charge >= 0.3 is 0 Å². The van der Waals surface area contributed by atoms with E-state index in [0.29, 0.717) is 17.9 Å². The molecule has 0 spiro atoms. The Balaban J connectivity index is 1.74. The van der Waals surface area contributed by atoms with Gasteiger partial charge in [-0.2, -0.15) is 0 Å². The van der Waals surface area contributed by atoms with Crippen LogP contribution in [0.25, 0.3) is 0 Å². The van der Waals surface area contributed by atoms with Crippen molar-refractivity contribution >= 4 is 5.78 Å². The zero-order valence-corrected chi connectivity index (χ0v) is 10.3. The number of nitrogens with zero attached hydrogens (tertiary/aromatic N) is 1. The number of carbonyl (C=O) groups excluding carboxylic acids is 1. The van der Waals surface area contributed by atoms with E-state index in [4.69, 9.17) is 4.74 Å². The van der Waals surface area contributed by atoms with Gasteiger partial charge in [-0.25, -0.2) is 0 Å². The van der Waals surface area contributed by atoms with Gasteiger partial charge in [-0.15, -0.1) is 0 Å². The van der Waals surface area contributed by atoms with Crippen molar-refractivity contribution in [2.24, 2.45) is 0 Å². The van der Waals surface area contributed by atoms with Crippen molar-refractivity contribution in [1.82, 2.24) is 4.90 Å². The molecule has 1 saturated carbocycles. The lowest BCUT2D eigenvalue weighted by atomic mass is 9.91. The minimum atomic E-state index is 0.459. The van der Waals surface area contributed by atoms with Crippen LogP contribution in [-0.4, -0.2) is 42.5 Å². The van der Waals surface area contributed by atoms with Crippen LogP contribution in [0.3, 0.4) is 0 Å². The van der Waals surface area contributed by atoms with Crippen LogP contribution in [0.5, 0.6) is 0 Å². The summed E-state index contributed by atoms with van der Waals surface area (Å²) in [4.78, 5) is 13.8. The summed E-state index contributed by atoms with van der Waals surface area (Å²) in [7, 11) is 0. The third-order valence-corrected chi connectivity index (χ3v) is 3.91. The summed E-state index contributed by atoms with van der Waals surface area (Å²) in [5, 5.41) is 0. The summed E-state index contributed by atoms with van der Waals surface area (Å²) in [6.07, 6.45) is 6.57. The van der Waals surface area contributed by atoms with Gasteiger partial charge in [-0.1, -0.05) is 0 Å². The molecule has 0 bridgehead atoms. The molecule has 3 nitrogen and oxygen atoms in total. The Labute approximate surface area is 98.1 Å². The molecule has 0 N–H and O–H groups in total. The molecule has 1 aliphatic heterocycles. The first-order valence-electron chi connectivity index (χ1n) is 6.67. The van der Waals surface area contributed by atoms with E-state index in [1.54, 1.807) is 0 Å². The zero-order chi connectivity index (χ0) is 11.4. The van der Waals surface area contributed by atoms with Crippen molar-refractivity contribution < 1.29 is 9.53 Å². The lowest BCUT2D eigenvalue weighted by molar-refractivity contribution is -0.121. The largest absolute Gasteiger partial charge is 0.378 e. The van der Waals surface area contributed by atoms with Crippen molar-refractivity contribution in [2.75, 3.05) is 19.7 Å². The predicted octanol–water partition coefficient (Wildman–Crippen LogP) is 2.00. The second-order valence-electron chi connectivity index (χ2n) is 4.96. The Bertz CT molecular complexity index is 224. The van der Waals surface area contributed by atoms with E-state index in [-0.39, 0.29) is 0 Å². The summed E-state index contributed by atoms with van der Waals surface area (Å²) in [5.74, 6) is 0.459. The third-order valence-electron chi connectivity index (χ3n) is 3.91. The van der Waals surface area contributed by atoms with Gasteiger partial charge in [0.25, 0.3) is 0 Å². The molecule has 0 amide bonds. The molecule has 3 heteroatoms. The van der Waals surface area contributed by atoms with Crippen LogP contribution < -0.4 is 0 Å². The van der Waals surface area contributed by atoms with Crippen molar-refractivity contribution in [1.29, 1.82) is 0 Å². The average Bonchev–Trinajstić information content (AvgIpc) is 2.32. The Kier molecular flexibility index (Phi) is 4.36. The lowest BCUT2D eigenvalue weighted by Crippen LogP contribution is -2.44. The molecule has 2 rings (SSSR count). The Morgan fingerprint density at radius 1 is 1.19 bits per heavy atom. The minimum absolute atomic E-state index is 0.459. The summed E-state index contributed by atoms with van der Waals surface area (Å²) in [5.41, 5.74) is 0. The number of hydrogen-bond acceptors (Lipinski definition) is 3.